The second-order valence-corrected chi connectivity index (χ2v) is 8.10. The minimum Gasteiger partial charge on any atom is -0.342 e. The summed E-state index contributed by atoms with van der Waals surface area (Å²) in [5.74, 6) is -0.810. The van der Waals surface area contributed by atoms with E-state index in [1.54, 1.807) is 0 Å². The molecule has 1 amide bonds. The van der Waals surface area contributed by atoms with Gasteiger partial charge in [-0.3, -0.25) is 4.79 Å². The van der Waals surface area contributed by atoms with Crippen LogP contribution in [0.1, 0.15) is 51.2 Å². The van der Waals surface area contributed by atoms with Crippen molar-refractivity contribution in [3.8, 4) is 0 Å². The maximum Gasteiger partial charge on any atom is 0.397 e. The molecule has 146 valence electrons. The third-order valence-electron chi connectivity index (χ3n) is 4.87. The van der Waals surface area contributed by atoms with E-state index >= 15 is 0 Å². The van der Waals surface area contributed by atoms with Crippen molar-refractivity contribution < 1.29 is 18.0 Å². The van der Waals surface area contributed by atoms with Crippen molar-refractivity contribution in [3.05, 3.63) is 35.4 Å². The summed E-state index contributed by atoms with van der Waals surface area (Å²) in [5, 5.41) is 3.46. The molecule has 0 bridgehead atoms. The molecule has 1 aliphatic heterocycles. The topological polar surface area (TPSA) is 32.3 Å². The van der Waals surface area contributed by atoms with Gasteiger partial charge in [0.1, 0.15) is 6.42 Å². The van der Waals surface area contributed by atoms with Gasteiger partial charge in [0.15, 0.2) is 0 Å². The van der Waals surface area contributed by atoms with Crippen LogP contribution in [-0.2, 0) is 16.6 Å². The molecular weight excluding hydrogens is 341 g/mol. The van der Waals surface area contributed by atoms with Gasteiger partial charge in [-0.1, -0.05) is 45.0 Å². The number of alkyl halides is 3. The van der Waals surface area contributed by atoms with Crippen LogP contribution in [0.2, 0.25) is 0 Å². The molecule has 1 N–H and O–H groups in total. The van der Waals surface area contributed by atoms with Gasteiger partial charge in [0.2, 0.25) is 5.91 Å². The van der Waals surface area contributed by atoms with E-state index in [0.717, 1.165) is 13.0 Å². The first kappa shape index (κ1) is 20.7. The molecule has 1 aromatic rings. The number of hydrogen-bond donors (Lipinski definition) is 1. The van der Waals surface area contributed by atoms with E-state index < -0.39 is 18.5 Å². The van der Waals surface area contributed by atoms with Gasteiger partial charge < -0.3 is 10.2 Å². The zero-order valence-corrected chi connectivity index (χ0v) is 15.8. The largest absolute Gasteiger partial charge is 0.397 e. The van der Waals surface area contributed by atoms with Gasteiger partial charge in [-0.05, 0) is 42.3 Å². The number of likely N-dealkylation sites (tertiary alicyclic amines) is 1. The molecule has 1 saturated heterocycles. The predicted molar refractivity (Wildman–Crippen MR) is 97.1 cm³/mol. The fourth-order valence-electron chi connectivity index (χ4n) is 3.21. The number of halogens is 3. The number of hydrogen-bond acceptors (Lipinski definition) is 2. The smallest absolute Gasteiger partial charge is 0.342 e. The van der Waals surface area contributed by atoms with Crippen molar-refractivity contribution in [1.82, 2.24) is 10.2 Å². The van der Waals surface area contributed by atoms with Crippen molar-refractivity contribution in [2.45, 2.75) is 64.1 Å². The van der Waals surface area contributed by atoms with Crippen LogP contribution in [0.4, 0.5) is 13.2 Å². The summed E-state index contributed by atoms with van der Waals surface area (Å²) in [7, 11) is 0. The van der Waals surface area contributed by atoms with E-state index in [4.69, 9.17) is 0 Å². The molecule has 1 aliphatic rings. The van der Waals surface area contributed by atoms with Gasteiger partial charge in [0.25, 0.3) is 0 Å². The molecule has 0 saturated carbocycles. The van der Waals surface area contributed by atoms with Gasteiger partial charge in [0.05, 0.1) is 0 Å². The van der Waals surface area contributed by atoms with Crippen molar-refractivity contribution in [3.63, 3.8) is 0 Å². The lowest BCUT2D eigenvalue weighted by Gasteiger charge is -2.32. The Labute approximate surface area is 154 Å². The second-order valence-electron chi connectivity index (χ2n) is 8.10. The van der Waals surface area contributed by atoms with Crippen LogP contribution in [0.25, 0.3) is 0 Å². The molecule has 1 heterocycles. The monoisotopic (exact) mass is 370 g/mol. The van der Waals surface area contributed by atoms with Gasteiger partial charge in [0, 0.05) is 19.1 Å². The molecule has 2 rings (SSSR count). The van der Waals surface area contributed by atoms with Crippen molar-refractivity contribution in [2.75, 3.05) is 19.6 Å². The standard InChI is InChI=1S/C20H29F3N2O/c1-19(2,3)16-6-4-15(5-7-16)8-11-24-17-9-12-25(13-10-17)18(26)14-20(21,22)23/h4-7,17,24H,8-14H2,1-3H3. The van der Waals surface area contributed by atoms with Gasteiger partial charge in [-0.2, -0.15) is 13.2 Å². The first-order chi connectivity index (χ1) is 12.0. The number of carbonyl (C=O) groups excluding carboxylic acids is 1. The van der Waals surface area contributed by atoms with Gasteiger partial charge in [-0.25, -0.2) is 0 Å². The van der Waals surface area contributed by atoms with Crippen molar-refractivity contribution >= 4 is 5.91 Å². The summed E-state index contributed by atoms with van der Waals surface area (Å²) >= 11 is 0. The molecule has 1 fully saturated rings. The first-order valence-corrected chi connectivity index (χ1v) is 9.22. The Balaban J connectivity index is 1.70. The average molecular weight is 370 g/mol. The summed E-state index contributed by atoms with van der Waals surface area (Å²) in [6.07, 6.45) is -3.46. The fourth-order valence-corrected chi connectivity index (χ4v) is 3.21. The number of nitrogens with one attached hydrogen (secondary N) is 1. The fraction of sp³-hybridized carbons (Fsp3) is 0.650. The predicted octanol–water partition coefficient (Wildman–Crippen LogP) is 4.06. The quantitative estimate of drug-likeness (QED) is 0.848. The number of piperidine rings is 1. The molecular formula is C20H29F3N2O. The molecule has 3 nitrogen and oxygen atoms in total. The normalized spacial score (nSPS) is 16.8. The first-order valence-electron chi connectivity index (χ1n) is 9.22. The van der Waals surface area contributed by atoms with E-state index in [1.165, 1.54) is 16.0 Å². The molecule has 6 heteroatoms. The molecule has 0 aliphatic carbocycles. The minimum absolute atomic E-state index is 0.147. The van der Waals surface area contributed by atoms with Crippen molar-refractivity contribution in [2.24, 2.45) is 0 Å². The van der Waals surface area contributed by atoms with E-state index in [0.29, 0.717) is 25.9 Å². The number of benzene rings is 1. The molecule has 0 unspecified atom stereocenters. The van der Waals surface area contributed by atoms with Gasteiger partial charge in [-0.15, -0.1) is 0 Å². The Morgan fingerprint density at radius 2 is 1.69 bits per heavy atom. The number of carbonyl (C=O) groups is 1. The maximum absolute atomic E-state index is 12.3. The van der Waals surface area contributed by atoms with Crippen LogP contribution in [0, 0.1) is 0 Å². The highest BCUT2D eigenvalue weighted by Gasteiger charge is 2.34. The van der Waals surface area contributed by atoms with E-state index in [1.807, 2.05) is 0 Å². The maximum atomic E-state index is 12.3. The van der Waals surface area contributed by atoms with E-state index in [2.05, 4.69) is 50.4 Å². The Bertz CT molecular complexity index is 583. The molecule has 0 atom stereocenters. The zero-order valence-electron chi connectivity index (χ0n) is 15.8. The molecule has 0 aromatic heterocycles. The third-order valence-corrected chi connectivity index (χ3v) is 4.87. The summed E-state index contributed by atoms with van der Waals surface area (Å²) in [6.45, 7) is 8.19. The highest BCUT2D eigenvalue weighted by Crippen LogP contribution is 2.23. The van der Waals surface area contributed by atoms with Crippen LogP contribution in [0.15, 0.2) is 24.3 Å². The SMILES string of the molecule is CC(C)(C)c1ccc(CCNC2CCN(C(=O)CC(F)(F)F)CC2)cc1. The van der Waals surface area contributed by atoms with Crippen LogP contribution >= 0.6 is 0 Å². The van der Waals surface area contributed by atoms with Gasteiger partial charge >= 0.3 is 6.18 Å². The van der Waals surface area contributed by atoms with E-state index in [9.17, 15) is 18.0 Å². The Hall–Kier alpha value is -1.56. The summed E-state index contributed by atoms with van der Waals surface area (Å²) in [4.78, 5) is 12.9. The molecule has 26 heavy (non-hydrogen) atoms. The van der Waals surface area contributed by atoms with E-state index in [-0.39, 0.29) is 11.5 Å². The van der Waals surface area contributed by atoms with Crippen molar-refractivity contribution in [1.29, 1.82) is 0 Å². The average Bonchev–Trinajstić information content (AvgIpc) is 2.53. The number of amides is 1. The lowest BCUT2D eigenvalue weighted by atomic mass is 9.86. The molecule has 0 spiro atoms. The minimum atomic E-state index is -4.42. The summed E-state index contributed by atoms with van der Waals surface area (Å²) < 4.78 is 36.9. The highest BCUT2D eigenvalue weighted by atomic mass is 19.4. The summed E-state index contributed by atoms with van der Waals surface area (Å²) in [5.41, 5.74) is 2.72. The second kappa shape index (κ2) is 8.42. The lowest BCUT2D eigenvalue weighted by Crippen LogP contribution is -2.46. The van der Waals surface area contributed by atoms with Crippen LogP contribution in [0.5, 0.6) is 0 Å². The Morgan fingerprint density at radius 3 is 2.19 bits per heavy atom. The van der Waals surface area contributed by atoms with Crippen LogP contribution in [0.3, 0.4) is 0 Å². The van der Waals surface area contributed by atoms with Crippen LogP contribution in [-0.4, -0.2) is 42.7 Å². The molecule has 0 radical (unpaired) electrons. The Kier molecular flexibility index (Phi) is 6.72. The third kappa shape index (κ3) is 6.63. The van der Waals surface area contributed by atoms with Crippen LogP contribution < -0.4 is 5.32 Å². The Morgan fingerprint density at radius 1 is 1.12 bits per heavy atom. The number of nitrogens with zero attached hydrogens (tertiary/aromatic N) is 1. The number of rotatable bonds is 5. The summed E-state index contributed by atoms with van der Waals surface area (Å²) in [6, 6.07) is 8.90. The highest BCUT2D eigenvalue weighted by molar-refractivity contribution is 5.76. The zero-order chi connectivity index (χ0) is 19.4. The molecule has 1 aromatic carbocycles. The lowest BCUT2D eigenvalue weighted by molar-refractivity contribution is -0.162.